The van der Waals surface area contributed by atoms with E-state index in [0.29, 0.717) is 10.2 Å². The molecule has 0 aliphatic rings. The second-order valence-corrected chi connectivity index (χ2v) is 3.09. The zero-order chi connectivity index (χ0) is 8.97. The van der Waals surface area contributed by atoms with Crippen LogP contribution >= 0.6 is 15.9 Å². The molecule has 0 aliphatic carbocycles. The first-order chi connectivity index (χ1) is 5.72. The number of ether oxygens (including phenoxy) is 1. The average molecular weight is 235 g/mol. The lowest BCUT2D eigenvalue weighted by Gasteiger charge is -2.03. The highest BCUT2D eigenvalue weighted by Crippen LogP contribution is 2.20. The van der Waals surface area contributed by atoms with Crippen LogP contribution in [0.3, 0.4) is 0 Å². The molecule has 0 spiro atoms. The van der Waals surface area contributed by atoms with Crippen molar-refractivity contribution < 1.29 is 14.2 Å². The molecule has 0 fully saturated rings. The van der Waals surface area contributed by atoms with E-state index < -0.39 is 0 Å². The van der Waals surface area contributed by atoms with Gasteiger partial charge >= 0.3 is 0 Å². The van der Waals surface area contributed by atoms with E-state index in [0.717, 1.165) is 0 Å². The summed E-state index contributed by atoms with van der Waals surface area (Å²) in [4.78, 5) is 0. The predicted octanol–water partition coefficient (Wildman–Crippen LogP) is 1.96. The van der Waals surface area contributed by atoms with Crippen molar-refractivity contribution in [3.05, 3.63) is 28.5 Å². The van der Waals surface area contributed by atoms with Gasteiger partial charge < -0.3 is 9.84 Å². The molecule has 0 heterocycles. The van der Waals surface area contributed by atoms with Gasteiger partial charge in [-0.2, -0.15) is 0 Å². The van der Waals surface area contributed by atoms with E-state index in [2.05, 4.69) is 15.9 Å². The number of aliphatic hydroxyl groups excluding tert-OH is 1. The van der Waals surface area contributed by atoms with Crippen LogP contribution in [0.25, 0.3) is 0 Å². The first kappa shape index (κ1) is 9.48. The van der Waals surface area contributed by atoms with E-state index in [1.165, 1.54) is 12.1 Å². The number of hydrogen-bond donors (Lipinski definition) is 1. The number of benzene rings is 1. The lowest BCUT2D eigenvalue weighted by atomic mass is 10.3. The maximum atomic E-state index is 12.7. The lowest BCUT2D eigenvalue weighted by molar-refractivity contribution is 0.201. The molecule has 12 heavy (non-hydrogen) atoms. The molecule has 1 aromatic carbocycles. The van der Waals surface area contributed by atoms with E-state index in [1.54, 1.807) is 6.07 Å². The Morgan fingerprint density at radius 1 is 1.42 bits per heavy atom. The molecular weight excluding hydrogens is 227 g/mol. The van der Waals surface area contributed by atoms with Gasteiger partial charge in [0.1, 0.15) is 18.2 Å². The molecule has 0 unspecified atom stereocenters. The van der Waals surface area contributed by atoms with Crippen molar-refractivity contribution in [3.63, 3.8) is 0 Å². The van der Waals surface area contributed by atoms with Crippen LogP contribution in [0, 0.1) is 5.82 Å². The van der Waals surface area contributed by atoms with Gasteiger partial charge in [0.2, 0.25) is 0 Å². The maximum absolute atomic E-state index is 12.7. The van der Waals surface area contributed by atoms with Crippen molar-refractivity contribution in [3.8, 4) is 5.75 Å². The molecule has 66 valence electrons. The molecule has 0 atom stereocenters. The summed E-state index contributed by atoms with van der Waals surface area (Å²) >= 11 is 3.12. The Hall–Kier alpha value is -0.610. The number of hydrogen-bond acceptors (Lipinski definition) is 2. The van der Waals surface area contributed by atoms with Crippen molar-refractivity contribution >= 4 is 15.9 Å². The zero-order valence-corrected chi connectivity index (χ0v) is 7.84. The molecule has 0 aromatic heterocycles. The van der Waals surface area contributed by atoms with E-state index in [4.69, 9.17) is 9.84 Å². The fourth-order valence-corrected chi connectivity index (χ4v) is 1.22. The van der Waals surface area contributed by atoms with Crippen LogP contribution in [0.4, 0.5) is 4.39 Å². The van der Waals surface area contributed by atoms with Crippen molar-refractivity contribution in [1.29, 1.82) is 0 Å². The second-order valence-electron chi connectivity index (χ2n) is 2.18. The zero-order valence-electron chi connectivity index (χ0n) is 6.26. The Bertz CT molecular complexity index is 245. The summed E-state index contributed by atoms with van der Waals surface area (Å²) in [6.07, 6.45) is 0. The van der Waals surface area contributed by atoms with Gasteiger partial charge in [0, 0.05) is 10.5 Å². The molecule has 0 bridgehead atoms. The Morgan fingerprint density at radius 2 is 2.17 bits per heavy atom. The molecule has 1 aromatic rings. The molecule has 0 amide bonds. The SMILES string of the molecule is OCCOc1cc(F)cc(Br)c1. The van der Waals surface area contributed by atoms with Gasteiger partial charge in [-0.3, -0.25) is 0 Å². The highest BCUT2D eigenvalue weighted by Gasteiger charge is 1.98. The van der Waals surface area contributed by atoms with Crippen LogP contribution in [0.2, 0.25) is 0 Å². The molecule has 1 rings (SSSR count). The monoisotopic (exact) mass is 234 g/mol. The van der Waals surface area contributed by atoms with E-state index in [-0.39, 0.29) is 19.0 Å². The molecule has 0 aliphatic heterocycles. The second kappa shape index (κ2) is 4.42. The number of halogens is 2. The summed E-state index contributed by atoms with van der Waals surface area (Å²) < 4.78 is 18.3. The van der Waals surface area contributed by atoms with Gasteiger partial charge in [-0.1, -0.05) is 15.9 Å². The smallest absolute Gasteiger partial charge is 0.128 e. The molecule has 0 saturated heterocycles. The Balaban J connectivity index is 2.72. The molecule has 1 N–H and O–H groups in total. The van der Waals surface area contributed by atoms with Crippen LogP contribution in [0.5, 0.6) is 5.75 Å². The summed E-state index contributed by atoms with van der Waals surface area (Å²) in [5.74, 6) is 0.0493. The summed E-state index contributed by atoms with van der Waals surface area (Å²) in [6, 6.07) is 4.24. The normalized spacial score (nSPS) is 9.92. The topological polar surface area (TPSA) is 29.5 Å². The molecule has 2 nitrogen and oxygen atoms in total. The Kier molecular flexibility index (Phi) is 3.49. The lowest BCUT2D eigenvalue weighted by Crippen LogP contribution is -2.01. The minimum Gasteiger partial charge on any atom is -0.491 e. The fraction of sp³-hybridized carbons (Fsp3) is 0.250. The molecular formula is C8H8BrFO2. The summed E-state index contributed by atoms with van der Waals surface area (Å²) in [6.45, 7) is 0.101. The van der Waals surface area contributed by atoms with Crippen molar-refractivity contribution in [2.45, 2.75) is 0 Å². The van der Waals surface area contributed by atoms with E-state index >= 15 is 0 Å². The minimum atomic E-state index is -0.364. The Labute approximate surface area is 78.1 Å². The molecule has 4 heteroatoms. The third kappa shape index (κ3) is 2.79. The van der Waals surface area contributed by atoms with Crippen LogP contribution in [-0.4, -0.2) is 18.3 Å². The number of aliphatic hydroxyl groups is 1. The number of rotatable bonds is 3. The van der Waals surface area contributed by atoms with Gasteiger partial charge in [-0.05, 0) is 12.1 Å². The van der Waals surface area contributed by atoms with Crippen LogP contribution in [0.1, 0.15) is 0 Å². The van der Waals surface area contributed by atoms with Gasteiger partial charge in [0.25, 0.3) is 0 Å². The van der Waals surface area contributed by atoms with Crippen molar-refractivity contribution in [2.75, 3.05) is 13.2 Å². The quantitative estimate of drug-likeness (QED) is 0.867. The highest BCUT2D eigenvalue weighted by molar-refractivity contribution is 9.10. The third-order valence-electron chi connectivity index (χ3n) is 1.20. The largest absolute Gasteiger partial charge is 0.491 e. The van der Waals surface area contributed by atoms with Gasteiger partial charge in [0.15, 0.2) is 0 Å². The molecule has 0 saturated carbocycles. The van der Waals surface area contributed by atoms with Gasteiger partial charge in [-0.25, -0.2) is 4.39 Å². The summed E-state index contributed by atoms with van der Waals surface area (Å²) in [5.41, 5.74) is 0. The first-order valence-corrected chi connectivity index (χ1v) is 4.21. The highest BCUT2D eigenvalue weighted by atomic mass is 79.9. The van der Waals surface area contributed by atoms with E-state index in [1.807, 2.05) is 0 Å². The predicted molar refractivity (Wildman–Crippen MR) is 46.7 cm³/mol. The maximum Gasteiger partial charge on any atom is 0.128 e. The van der Waals surface area contributed by atoms with Crippen LogP contribution in [0.15, 0.2) is 22.7 Å². The summed E-state index contributed by atoms with van der Waals surface area (Å²) in [5, 5.41) is 8.44. The third-order valence-corrected chi connectivity index (χ3v) is 1.65. The van der Waals surface area contributed by atoms with Crippen molar-refractivity contribution in [2.24, 2.45) is 0 Å². The minimum absolute atomic E-state index is 0.0753. The van der Waals surface area contributed by atoms with E-state index in [9.17, 15) is 4.39 Å². The molecule has 0 radical (unpaired) electrons. The average Bonchev–Trinajstić information content (AvgIpc) is 1.99. The summed E-state index contributed by atoms with van der Waals surface area (Å²) in [7, 11) is 0. The Morgan fingerprint density at radius 3 is 2.75 bits per heavy atom. The standard InChI is InChI=1S/C8H8BrFO2/c9-6-3-7(10)5-8(4-6)12-2-1-11/h3-5,11H,1-2H2. The fourth-order valence-electron chi connectivity index (χ4n) is 0.775. The van der Waals surface area contributed by atoms with Crippen molar-refractivity contribution in [1.82, 2.24) is 0 Å². The van der Waals surface area contributed by atoms with Crippen LogP contribution < -0.4 is 4.74 Å². The van der Waals surface area contributed by atoms with Gasteiger partial charge in [0.05, 0.1) is 6.61 Å². The van der Waals surface area contributed by atoms with Crippen LogP contribution in [-0.2, 0) is 0 Å². The first-order valence-electron chi connectivity index (χ1n) is 3.42. The van der Waals surface area contributed by atoms with Gasteiger partial charge in [-0.15, -0.1) is 0 Å².